The van der Waals surface area contributed by atoms with Gasteiger partial charge in [-0.25, -0.2) is 0 Å². The van der Waals surface area contributed by atoms with E-state index >= 15 is 0 Å². The Balaban J connectivity index is 1.81. The maximum atomic E-state index is 11.8. The quantitative estimate of drug-likeness (QED) is 0.785. The van der Waals surface area contributed by atoms with Crippen LogP contribution < -0.4 is 5.32 Å². The lowest BCUT2D eigenvalue weighted by atomic mass is 10.2. The molecule has 2 rings (SSSR count). The van der Waals surface area contributed by atoms with E-state index in [1.54, 1.807) is 0 Å². The Bertz CT molecular complexity index is 218. The molecule has 14 heavy (non-hydrogen) atoms. The standard InChI is InChI=1S/C10H16BrNOS/c11-7-3-1-4-8(7)12-10(13)9-5-2-6-14-9/h7-9H,1-6H2,(H,12,13). The minimum Gasteiger partial charge on any atom is -0.351 e. The summed E-state index contributed by atoms with van der Waals surface area (Å²) in [6.45, 7) is 0. The first-order valence-corrected chi connectivity index (χ1v) is 7.30. The van der Waals surface area contributed by atoms with Crippen LogP contribution in [0.1, 0.15) is 32.1 Å². The zero-order chi connectivity index (χ0) is 9.97. The third kappa shape index (κ3) is 2.45. The van der Waals surface area contributed by atoms with Crippen LogP contribution in [-0.2, 0) is 4.79 Å². The number of carbonyl (C=O) groups excluding carboxylic acids is 1. The minimum absolute atomic E-state index is 0.232. The van der Waals surface area contributed by atoms with Crippen molar-refractivity contribution >= 4 is 33.6 Å². The van der Waals surface area contributed by atoms with Crippen LogP contribution in [0, 0.1) is 0 Å². The third-order valence-corrected chi connectivity index (χ3v) is 5.45. The number of halogens is 1. The van der Waals surface area contributed by atoms with Crippen molar-refractivity contribution in [2.24, 2.45) is 0 Å². The highest BCUT2D eigenvalue weighted by Gasteiger charge is 2.30. The first-order valence-electron chi connectivity index (χ1n) is 5.33. The van der Waals surface area contributed by atoms with Crippen LogP contribution in [0.3, 0.4) is 0 Å². The third-order valence-electron chi connectivity index (χ3n) is 2.98. The molecule has 2 aliphatic rings. The molecule has 80 valence electrons. The summed E-state index contributed by atoms with van der Waals surface area (Å²) in [5, 5.41) is 3.40. The first-order chi connectivity index (χ1) is 6.77. The summed E-state index contributed by atoms with van der Waals surface area (Å²) in [5.41, 5.74) is 0. The zero-order valence-electron chi connectivity index (χ0n) is 8.17. The molecule has 3 unspecified atom stereocenters. The fourth-order valence-electron chi connectivity index (χ4n) is 2.14. The number of carbonyl (C=O) groups is 1. The lowest BCUT2D eigenvalue weighted by molar-refractivity contribution is -0.121. The molecule has 1 amide bonds. The lowest BCUT2D eigenvalue weighted by Crippen LogP contribution is -2.41. The molecule has 0 aromatic rings. The van der Waals surface area contributed by atoms with Gasteiger partial charge in [-0.1, -0.05) is 22.4 Å². The van der Waals surface area contributed by atoms with Crippen molar-refractivity contribution in [1.82, 2.24) is 5.32 Å². The Hall–Kier alpha value is 0.300. The van der Waals surface area contributed by atoms with E-state index in [4.69, 9.17) is 0 Å². The molecule has 1 N–H and O–H groups in total. The molecular weight excluding hydrogens is 262 g/mol. The van der Waals surface area contributed by atoms with Crippen molar-refractivity contribution in [2.45, 2.75) is 48.2 Å². The van der Waals surface area contributed by atoms with Gasteiger partial charge in [0.2, 0.25) is 5.91 Å². The van der Waals surface area contributed by atoms with Gasteiger partial charge in [0.15, 0.2) is 0 Å². The predicted molar refractivity (Wildman–Crippen MR) is 64.0 cm³/mol. The normalized spacial score (nSPS) is 37.4. The van der Waals surface area contributed by atoms with Crippen LogP contribution >= 0.6 is 27.7 Å². The van der Waals surface area contributed by atoms with E-state index in [9.17, 15) is 4.79 Å². The SMILES string of the molecule is O=C(NC1CCCC1Br)C1CCCS1. The molecule has 1 heterocycles. The van der Waals surface area contributed by atoms with Crippen LogP contribution in [0.5, 0.6) is 0 Å². The van der Waals surface area contributed by atoms with Crippen LogP contribution in [0.15, 0.2) is 0 Å². The van der Waals surface area contributed by atoms with Gasteiger partial charge in [0.1, 0.15) is 0 Å². The Labute approximate surface area is 97.7 Å². The number of rotatable bonds is 2. The van der Waals surface area contributed by atoms with Gasteiger partial charge in [-0.2, -0.15) is 0 Å². The second-order valence-corrected chi connectivity index (χ2v) is 6.55. The van der Waals surface area contributed by atoms with Crippen molar-refractivity contribution in [2.75, 3.05) is 5.75 Å². The summed E-state index contributed by atoms with van der Waals surface area (Å²) in [6, 6.07) is 0.378. The second-order valence-electron chi connectivity index (χ2n) is 4.06. The zero-order valence-corrected chi connectivity index (χ0v) is 10.6. The molecule has 0 radical (unpaired) electrons. The molecule has 4 heteroatoms. The van der Waals surface area contributed by atoms with Crippen molar-refractivity contribution < 1.29 is 4.79 Å². The van der Waals surface area contributed by atoms with Crippen LogP contribution in [0.2, 0.25) is 0 Å². The number of hydrogen-bond acceptors (Lipinski definition) is 2. The number of nitrogens with one attached hydrogen (secondary N) is 1. The molecule has 2 fully saturated rings. The lowest BCUT2D eigenvalue weighted by Gasteiger charge is -2.18. The monoisotopic (exact) mass is 277 g/mol. The van der Waals surface area contributed by atoms with Crippen LogP contribution in [-0.4, -0.2) is 27.8 Å². The van der Waals surface area contributed by atoms with E-state index in [-0.39, 0.29) is 11.2 Å². The van der Waals surface area contributed by atoms with E-state index < -0.39 is 0 Å². The molecule has 1 aliphatic heterocycles. The molecular formula is C10H16BrNOS. The topological polar surface area (TPSA) is 29.1 Å². The molecule has 0 aromatic carbocycles. The molecule has 0 spiro atoms. The summed E-state index contributed by atoms with van der Waals surface area (Å²) in [4.78, 5) is 12.3. The first kappa shape index (κ1) is 10.8. The maximum absolute atomic E-state index is 11.8. The molecule has 1 aliphatic carbocycles. The molecule has 0 aromatic heterocycles. The summed E-state index contributed by atoms with van der Waals surface area (Å²) in [5.74, 6) is 1.42. The van der Waals surface area contributed by atoms with Crippen LogP contribution in [0.25, 0.3) is 0 Å². The smallest absolute Gasteiger partial charge is 0.233 e. The fourth-order valence-corrected chi connectivity index (χ4v) is 4.03. The minimum atomic E-state index is 0.232. The number of amides is 1. The summed E-state index contributed by atoms with van der Waals surface area (Å²) < 4.78 is 0. The number of alkyl halides is 1. The van der Waals surface area contributed by atoms with Crippen molar-refractivity contribution in [1.29, 1.82) is 0 Å². The van der Waals surface area contributed by atoms with Crippen LogP contribution in [0.4, 0.5) is 0 Å². The Morgan fingerprint density at radius 1 is 1.29 bits per heavy atom. The second kappa shape index (κ2) is 4.88. The molecule has 1 saturated carbocycles. The summed E-state index contributed by atoms with van der Waals surface area (Å²) in [6.07, 6.45) is 5.84. The van der Waals surface area contributed by atoms with E-state index in [1.807, 2.05) is 11.8 Å². The van der Waals surface area contributed by atoms with Gasteiger partial charge in [0.05, 0.1) is 5.25 Å². The summed E-state index contributed by atoms with van der Waals surface area (Å²) >= 11 is 5.43. The largest absolute Gasteiger partial charge is 0.351 e. The van der Waals surface area contributed by atoms with Crippen molar-refractivity contribution in [3.8, 4) is 0 Å². The van der Waals surface area contributed by atoms with Gasteiger partial charge < -0.3 is 5.32 Å². The average molecular weight is 278 g/mol. The van der Waals surface area contributed by atoms with E-state index in [0.29, 0.717) is 10.9 Å². The van der Waals surface area contributed by atoms with E-state index in [0.717, 1.165) is 18.6 Å². The highest BCUT2D eigenvalue weighted by molar-refractivity contribution is 9.09. The number of thioether (sulfide) groups is 1. The Morgan fingerprint density at radius 2 is 2.14 bits per heavy atom. The molecule has 3 atom stereocenters. The molecule has 1 saturated heterocycles. The van der Waals surface area contributed by atoms with Gasteiger partial charge >= 0.3 is 0 Å². The van der Waals surface area contributed by atoms with E-state index in [2.05, 4.69) is 21.2 Å². The van der Waals surface area contributed by atoms with Crippen molar-refractivity contribution in [3.63, 3.8) is 0 Å². The molecule has 2 nitrogen and oxygen atoms in total. The number of hydrogen-bond donors (Lipinski definition) is 1. The Kier molecular flexibility index (Phi) is 3.77. The van der Waals surface area contributed by atoms with Crippen molar-refractivity contribution in [3.05, 3.63) is 0 Å². The fraction of sp³-hybridized carbons (Fsp3) is 0.900. The van der Waals surface area contributed by atoms with Gasteiger partial charge in [-0.15, -0.1) is 11.8 Å². The maximum Gasteiger partial charge on any atom is 0.233 e. The van der Waals surface area contributed by atoms with Gasteiger partial charge in [-0.3, -0.25) is 4.79 Å². The highest BCUT2D eigenvalue weighted by Crippen LogP contribution is 2.29. The Morgan fingerprint density at radius 3 is 2.71 bits per heavy atom. The van der Waals surface area contributed by atoms with Gasteiger partial charge in [-0.05, 0) is 31.4 Å². The highest BCUT2D eigenvalue weighted by atomic mass is 79.9. The molecule has 0 bridgehead atoms. The van der Waals surface area contributed by atoms with Gasteiger partial charge in [0, 0.05) is 10.9 Å². The summed E-state index contributed by atoms with van der Waals surface area (Å²) in [7, 11) is 0. The predicted octanol–water partition coefficient (Wildman–Crippen LogP) is 2.31. The van der Waals surface area contributed by atoms with Gasteiger partial charge in [0.25, 0.3) is 0 Å². The average Bonchev–Trinajstić information content (AvgIpc) is 2.77. The van der Waals surface area contributed by atoms with E-state index in [1.165, 1.54) is 19.3 Å².